The van der Waals surface area contributed by atoms with Gasteiger partial charge in [0.05, 0.1) is 0 Å². The molecular formula is C19H23N3O. The molecule has 3 N–H and O–H groups in total. The van der Waals surface area contributed by atoms with Crippen LogP contribution < -0.4 is 11.1 Å². The number of amides is 1. The van der Waals surface area contributed by atoms with E-state index < -0.39 is 0 Å². The molecule has 1 fully saturated rings. The fourth-order valence-corrected chi connectivity index (χ4v) is 3.13. The third-order valence-electron chi connectivity index (χ3n) is 4.29. The number of rotatable bonds is 5. The number of hydrogen-bond donors (Lipinski definition) is 2. The van der Waals surface area contributed by atoms with Crippen molar-refractivity contribution in [3.63, 3.8) is 0 Å². The summed E-state index contributed by atoms with van der Waals surface area (Å²) in [6, 6.07) is 18.4. The second kappa shape index (κ2) is 7.29. The zero-order chi connectivity index (χ0) is 16.1. The van der Waals surface area contributed by atoms with Crippen LogP contribution in [0, 0.1) is 0 Å². The Hall–Kier alpha value is -2.33. The van der Waals surface area contributed by atoms with E-state index in [0.29, 0.717) is 11.6 Å². The van der Waals surface area contributed by atoms with Crippen molar-refractivity contribution in [3.8, 4) is 0 Å². The minimum atomic E-state index is -0.386. The largest absolute Gasteiger partial charge is 0.381 e. The molecule has 120 valence electrons. The van der Waals surface area contributed by atoms with Crippen LogP contribution in [0.5, 0.6) is 0 Å². The lowest BCUT2D eigenvalue weighted by Crippen LogP contribution is -2.41. The molecule has 3 rings (SSSR count). The van der Waals surface area contributed by atoms with Crippen LogP contribution in [0.1, 0.15) is 28.8 Å². The zero-order valence-corrected chi connectivity index (χ0v) is 13.2. The van der Waals surface area contributed by atoms with E-state index in [2.05, 4.69) is 40.5 Å². The van der Waals surface area contributed by atoms with Crippen molar-refractivity contribution in [1.82, 2.24) is 4.90 Å². The summed E-state index contributed by atoms with van der Waals surface area (Å²) in [7, 11) is 0. The molecule has 4 heteroatoms. The standard InChI is InChI=1S/C19H23N3O/c20-19(23)16-8-10-17(11-9-16)21-18-7-4-12-22(14-18)13-15-5-2-1-3-6-15/h1-3,5-6,8-11,18,21H,4,7,12-14H2,(H2,20,23). The normalized spacial score (nSPS) is 18.5. The van der Waals surface area contributed by atoms with E-state index in [1.54, 1.807) is 12.1 Å². The summed E-state index contributed by atoms with van der Waals surface area (Å²) in [5.41, 5.74) is 8.22. The molecule has 1 heterocycles. The monoisotopic (exact) mass is 309 g/mol. The van der Waals surface area contributed by atoms with Gasteiger partial charge in [0.2, 0.25) is 5.91 Å². The molecule has 0 aromatic heterocycles. The molecule has 1 saturated heterocycles. The van der Waals surface area contributed by atoms with Crippen molar-refractivity contribution in [2.24, 2.45) is 5.73 Å². The number of nitrogens with zero attached hydrogens (tertiary/aromatic N) is 1. The molecule has 4 nitrogen and oxygen atoms in total. The van der Waals surface area contributed by atoms with Crippen molar-refractivity contribution in [2.75, 3.05) is 18.4 Å². The molecule has 23 heavy (non-hydrogen) atoms. The summed E-state index contributed by atoms with van der Waals surface area (Å²) >= 11 is 0. The van der Waals surface area contributed by atoms with Gasteiger partial charge in [-0.1, -0.05) is 30.3 Å². The number of piperidine rings is 1. The average Bonchev–Trinajstić information content (AvgIpc) is 2.57. The van der Waals surface area contributed by atoms with Crippen LogP contribution in [0.4, 0.5) is 5.69 Å². The Bertz CT molecular complexity index is 639. The van der Waals surface area contributed by atoms with Crippen molar-refractivity contribution >= 4 is 11.6 Å². The predicted molar refractivity (Wildman–Crippen MR) is 93.3 cm³/mol. The van der Waals surface area contributed by atoms with E-state index in [4.69, 9.17) is 5.73 Å². The smallest absolute Gasteiger partial charge is 0.248 e. The van der Waals surface area contributed by atoms with E-state index >= 15 is 0 Å². The third-order valence-corrected chi connectivity index (χ3v) is 4.29. The van der Waals surface area contributed by atoms with Crippen molar-refractivity contribution < 1.29 is 4.79 Å². The number of carbonyl (C=O) groups is 1. The number of likely N-dealkylation sites (tertiary alicyclic amines) is 1. The minimum Gasteiger partial charge on any atom is -0.381 e. The van der Waals surface area contributed by atoms with Crippen LogP contribution in [-0.4, -0.2) is 29.9 Å². The number of benzene rings is 2. The number of carbonyl (C=O) groups excluding carboxylic acids is 1. The first kappa shape index (κ1) is 15.6. The molecule has 1 aliphatic rings. The van der Waals surface area contributed by atoms with Gasteiger partial charge in [-0.3, -0.25) is 9.69 Å². The van der Waals surface area contributed by atoms with E-state index in [1.165, 1.54) is 18.4 Å². The molecule has 1 atom stereocenters. The van der Waals surface area contributed by atoms with E-state index in [0.717, 1.165) is 25.3 Å². The summed E-state index contributed by atoms with van der Waals surface area (Å²) in [4.78, 5) is 13.6. The van der Waals surface area contributed by atoms with Gasteiger partial charge in [-0.2, -0.15) is 0 Å². The van der Waals surface area contributed by atoms with Crippen LogP contribution in [0.25, 0.3) is 0 Å². The molecule has 0 spiro atoms. The Morgan fingerprint density at radius 3 is 2.57 bits per heavy atom. The molecule has 0 bridgehead atoms. The van der Waals surface area contributed by atoms with Gasteiger partial charge in [0.1, 0.15) is 0 Å². The minimum absolute atomic E-state index is 0.386. The molecule has 2 aromatic carbocycles. The number of anilines is 1. The van der Waals surface area contributed by atoms with E-state index in [9.17, 15) is 4.79 Å². The zero-order valence-electron chi connectivity index (χ0n) is 13.2. The third kappa shape index (κ3) is 4.33. The summed E-state index contributed by atoms with van der Waals surface area (Å²) in [5.74, 6) is -0.386. The quantitative estimate of drug-likeness (QED) is 0.893. The van der Waals surface area contributed by atoms with Gasteiger partial charge in [-0.15, -0.1) is 0 Å². The number of primary amides is 1. The van der Waals surface area contributed by atoms with Gasteiger partial charge in [0.25, 0.3) is 0 Å². The van der Waals surface area contributed by atoms with Gasteiger partial charge in [0, 0.05) is 30.4 Å². The topological polar surface area (TPSA) is 58.4 Å². The Morgan fingerprint density at radius 2 is 1.87 bits per heavy atom. The van der Waals surface area contributed by atoms with Crippen LogP contribution in [0.2, 0.25) is 0 Å². The van der Waals surface area contributed by atoms with Crippen molar-refractivity contribution in [3.05, 3.63) is 65.7 Å². The first-order valence-corrected chi connectivity index (χ1v) is 8.13. The van der Waals surface area contributed by atoms with Gasteiger partial charge >= 0.3 is 0 Å². The molecule has 1 aliphatic heterocycles. The van der Waals surface area contributed by atoms with Gasteiger partial charge in [0.15, 0.2) is 0 Å². The Labute approximate surface area is 137 Å². The summed E-state index contributed by atoms with van der Waals surface area (Å²) in [5, 5.41) is 3.57. The van der Waals surface area contributed by atoms with E-state index in [1.807, 2.05) is 12.1 Å². The maximum absolute atomic E-state index is 11.1. The fraction of sp³-hybridized carbons (Fsp3) is 0.316. The second-order valence-electron chi connectivity index (χ2n) is 6.15. The lowest BCUT2D eigenvalue weighted by atomic mass is 10.0. The highest BCUT2D eigenvalue weighted by molar-refractivity contribution is 5.93. The fourth-order valence-electron chi connectivity index (χ4n) is 3.13. The second-order valence-corrected chi connectivity index (χ2v) is 6.15. The average molecular weight is 309 g/mol. The van der Waals surface area contributed by atoms with Crippen LogP contribution in [-0.2, 0) is 6.54 Å². The Kier molecular flexibility index (Phi) is 4.93. The highest BCUT2D eigenvalue weighted by Gasteiger charge is 2.19. The number of nitrogens with two attached hydrogens (primary N) is 1. The maximum atomic E-state index is 11.1. The predicted octanol–water partition coefficient (Wildman–Crippen LogP) is 2.86. The van der Waals surface area contributed by atoms with Gasteiger partial charge in [-0.05, 0) is 49.2 Å². The van der Waals surface area contributed by atoms with Gasteiger partial charge in [-0.25, -0.2) is 0 Å². The summed E-state index contributed by atoms with van der Waals surface area (Å²) in [6.07, 6.45) is 2.37. The number of hydrogen-bond acceptors (Lipinski definition) is 3. The first-order valence-electron chi connectivity index (χ1n) is 8.13. The highest BCUT2D eigenvalue weighted by Crippen LogP contribution is 2.18. The molecule has 2 aromatic rings. The van der Waals surface area contributed by atoms with Gasteiger partial charge < -0.3 is 11.1 Å². The maximum Gasteiger partial charge on any atom is 0.248 e. The molecule has 0 radical (unpaired) electrons. The molecule has 1 unspecified atom stereocenters. The SMILES string of the molecule is NC(=O)c1ccc(NC2CCCN(Cc3ccccc3)C2)cc1. The van der Waals surface area contributed by atoms with Crippen molar-refractivity contribution in [1.29, 1.82) is 0 Å². The molecular weight excluding hydrogens is 286 g/mol. The van der Waals surface area contributed by atoms with Crippen LogP contribution in [0.3, 0.4) is 0 Å². The Balaban J connectivity index is 1.57. The van der Waals surface area contributed by atoms with E-state index in [-0.39, 0.29) is 5.91 Å². The first-order chi connectivity index (χ1) is 11.2. The molecule has 0 aliphatic carbocycles. The summed E-state index contributed by atoms with van der Waals surface area (Å²) in [6.45, 7) is 3.18. The molecule has 0 saturated carbocycles. The summed E-state index contributed by atoms with van der Waals surface area (Å²) < 4.78 is 0. The van der Waals surface area contributed by atoms with Crippen LogP contribution in [0.15, 0.2) is 54.6 Å². The lowest BCUT2D eigenvalue weighted by Gasteiger charge is -2.33. The highest BCUT2D eigenvalue weighted by atomic mass is 16.1. The van der Waals surface area contributed by atoms with Crippen LogP contribution >= 0.6 is 0 Å². The molecule has 1 amide bonds. The Morgan fingerprint density at radius 1 is 1.13 bits per heavy atom. The van der Waals surface area contributed by atoms with Crippen molar-refractivity contribution in [2.45, 2.75) is 25.4 Å². The number of nitrogens with one attached hydrogen (secondary N) is 1. The lowest BCUT2D eigenvalue weighted by molar-refractivity contribution is 0.100.